The number of benzene rings is 1. The molecule has 6 heteroatoms. The third-order valence-corrected chi connectivity index (χ3v) is 5.89. The first-order valence-corrected chi connectivity index (χ1v) is 10.8. The summed E-state index contributed by atoms with van der Waals surface area (Å²) in [5.41, 5.74) is 2.00. The fourth-order valence-electron chi connectivity index (χ4n) is 4.33. The van der Waals surface area contributed by atoms with Gasteiger partial charge in [0.15, 0.2) is 0 Å². The van der Waals surface area contributed by atoms with E-state index in [4.69, 9.17) is 0 Å². The predicted molar refractivity (Wildman–Crippen MR) is 116 cm³/mol. The predicted octanol–water partition coefficient (Wildman–Crippen LogP) is 2.40. The van der Waals surface area contributed by atoms with Crippen molar-refractivity contribution in [2.75, 3.05) is 57.3 Å². The van der Waals surface area contributed by atoms with Gasteiger partial charge in [-0.1, -0.05) is 37.3 Å². The molecule has 2 aliphatic rings. The van der Waals surface area contributed by atoms with Crippen molar-refractivity contribution in [3.05, 3.63) is 59.8 Å². The molecule has 0 saturated carbocycles. The van der Waals surface area contributed by atoms with Crippen molar-refractivity contribution < 1.29 is 4.79 Å². The SMILES string of the molecule is CCCN1CCN(C(=O)c2cccnc2N2CCN[C@@H](c3ccccc3)C2)CC1. The van der Waals surface area contributed by atoms with Crippen LogP contribution in [0.2, 0.25) is 0 Å². The number of hydrogen-bond donors (Lipinski definition) is 1. The Labute approximate surface area is 173 Å². The van der Waals surface area contributed by atoms with Gasteiger partial charge in [0.1, 0.15) is 5.82 Å². The van der Waals surface area contributed by atoms with E-state index in [1.807, 2.05) is 23.1 Å². The number of hydrogen-bond acceptors (Lipinski definition) is 5. The maximum absolute atomic E-state index is 13.3. The highest BCUT2D eigenvalue weighted by Gasteiger charge is 2.28. The number of anilines is 1. The molecule has 3 heterocycles. The lowest BCUT2D eigenvalue weighted by Gasteiger charge is -2.37. The molecule has 29 heavy (non-hydrogen) atoms. The number of nitrogens with zero attached hydrogens (tertiary/aromatic N) is 4. The highest BCUT2D eigenvalue weighted by atomic mass is 16.2. The van der Waals surface area contributed by atoms with Crippen LogP contribution < -0.4 is 10.2 Å². The summed E-state index contributed by atoms with van der Waals surface area (Å²) in [6, 6.07) is 14.5. The van der Waals surface area contributed by atoms with Gasteiger partial charge in [0.05, 0.1) is 5.56 Å². The van der Waals surface area contributed by atoms with Crippen LogP contribution in [0.25, 0.3) is 0 Å². The molecule has 6 nitrogen and oxygen atoms in total. The number of aromatic nitrogens is 1. The monoisotopic (exact) mass is 393 g/mol. The molecule has 1 atom stereocenters. The lowest BCUT2D eigenvalue weighted by molar-refractivity contribution is 0.0637. The molecule has 4 rings (SSSR count). The number of carbonyl (C=O) groups is 1. The third-order valence-electron chi connectivity index (χ3n) is 5.89. The van der Waals surface area contributed by atoms with Crippen molar-refractivity contribution in [1.82, 2.24) is 20.1 Å². The van der Waals surface area contributed by atoms with Gasteiger partial charge in [-0.05, 0) is 30.7 Å². The van der Waals surface area contributed by atoms with Gasteiger partial charge >= 0.3 is 0 Å². The Morgan fingerprint density at radius 1 is 1.07 bits per heavy atom. The first-order chi connectivity index (χ1) is 14.3. The Morgan fingerprint density at radius 2 is 1.86 bits per heavy atom. The molecule has 1 amide bonds. The lowest BCUT2D eigenvalue weighted by atomic mass is 10.0. The molecule has 2 saturated heterocycles. The van der Waals surface area contributed by atoms with Gasteiger partial charge < -0.3 is 15.1 Å². The molecule has 154 valence electrons. The van der Waals surface area contributed by atoms with E-state index in [1.165, 1.54) is 5.56 Å². The first kappa shape index (κ1) is 19.9. The largest absolute Gasteiger partial charge is 0.353 e. The molecule has 2 aromatic rings. The molecule has 0 radical (unpaired) electrons. The van der Waals surface area contributed by atoms with Crippen LogP contribution in [-0.2, 0) is 0 Å². The highest BCUT2D eigenvalue weighted by Crippen LogP contribution is 2.25. The van der Waals surface area contributed by atoms with E-state index < -0.39 is 0 Å². The Morgan fingerprint density at radius 3 is 2.62 bits per heavy atom. The molecule has 2 fully saturated rings. The average Bonchev–Trinajstić information content (AvgIpc) is 2.80. The number of amides is 1. The van der Waals surface area contributed by atoms with Crippen molar-refractivity contribution in [2.24, 2.45) is 0 Å². The molecular weight excluding hydrogens is 362 g/mol. The zero-order valence-electron chi connectivity index (χ0n) is 17.3. The first-order valence-electron chi connectivity index (χ1n) is 10.8. The van der Waals surface area contributed by atoms with Gasteiger partial charge in [-0.2, -0.15) is 0 Å². The number of carbonyl (C=O) groups excluding carboxylic acids is 1. The number of nitrogens with one attached hydrogen (secondary N) is 1. The second-order valence-corrected chi connectivity index (χ2v) is 7.87. The van der Waals surface area contributed by atoms with E-state index in [1.54, 1.807) is 6.20 Å². The van der Waals surface area contributed by atoms with Crippen molar-refractivity contribution in [3.8, 4) is 0 Å². The summed E-state index contributed by atoms with van der Waals surface area (Å²) in [5, 5.41) is 3.59. The van der Waals surface area contributed by atoms with E-state index in [0.717, 1.165) is 70.2 Å². The minimum absolute atomic E-state index is 0.110. The van der Waals surface area contributed by atoms with E-state index in [0.29, 0.717) is 0 Å². The minimum atomic E-state index is 0.110. The Balaban J connectivity index is 1.49. The van der Waals surface area contributed by atoms with Crippen LogP contribution >= 0.6 is 0 Å². The molecule has 1 aromatic carbocycles. The molecule has 0 unspecified atom stereocenters. The van der Waals surface area contributed by atoms with Crippen LogP contribution in [0.5, 0.6) is 0 Å². The fraction of sp³-hybridized carbons (Fsp3) is 0.478. The summed E-state index contributed by atoms with van der Waals surface area (Å²) in [7, 11) is 0. The Hall–Kier alpha value is -2.44. The number of pyridine rings is 1. The van der Waals surface area contributed by atoms with Crippen LogP contribution in [0.3, 0.4) is 0 Å². The van der Waals surface area contributed by atoms with Gasteiger partial charge in [0.2, 0.25) is 0 Å². The maximum atomic E-state index is 13.3. The summed E-state index contributed by atoms with van der Waals surface area (Å²) in [5.74, 6) is 0.926. The lowest BCUT2D eigenvalue weighted by Crippen LogP contribution is -2.50. The number of piperazine rings is 2. The zero-order valence-corrected chi connectivity index (χ0v) is 17.3. The smallest absolute Gasteiger partial charge is 0.257 e. The summed E-state index contributed by atoms with van der Waals surface area (Å²) in [6.07, 6.45) is 2.96. The van der Waals surface area contributed by atoms with E-state index in [2.05, 4.69) is 51.3 Å². The molecule has 1 aromatic heterocycles. The van der Waals surface area contributed by atoms with E-state index in [-0.39, 0.29) is 11.9 Å². The van der Waals surface area contributed by atoms with Crippen LogP contribution in [0, 0.1) is 0 Å². The normalized spacial score (nSPS) is 20.7. The second kappa shape index (κ2) is 9.37. The topological polar surface area (TPSA) is 51.7 Å². The Bertz CT molecular complexity index is 804. The zero-order chi connectivity index (χ0) is 20.1. The Kier molecular flexibility index (Phi) is 6.42. The number of rotatable bonds is 5. The highest BCUT2D eigenvalue weighted by molar-refractivity contribution is 5.99. The fourth-order valence-corrected chi connectivity index (χ4v) is 4.33. The van der Waals surface area contributed by atoms with Crippen LogP contribution in [0.4, 0.5) is 5.82 Å². The van der Waals surface area contributed by atoms with Crippen LogP contribution in [-0.4, -0.2) is 73.0 Å². The van der Waals surface area contributed by atoms with Gasteiger partial charge in [-0.15, -0.1) is 0 Å². The average molecular weight is 394 g/mol. The van der Waals surface area contributed by atoms with Crippen LogP contribution in [0.15, 0.2) is 48.7 Å². The summed E-state index contributed by atoms with van der Waals surface area (Å²) < 4.78 is 0. The quantitative estimate of drug-likeness (QED) is 0.845. The minimum Gasteiger partial charge on any atom is -0.353 e. The summed E-state index contributed by atoms with van der Waals surface area (Å²) >= 11 is 0. The van der Waals surface area contributed by atoms with E-state index >= 15 is 0 Å². The van der Waals surface area contributed by atoms with Gasteiger partial charge in [-0.3, -0.25) is 9.69 Å². The van der Waals surface area contributed by atoms with Crippen molar-refractivity contribution in [2.45, 2.75) is 19.4 Å². The summed E-state index contributed by atoms with van der Waals surface area (Å²) in [4.78, 5) is 24.6. The summed E-state index contributed by atoms with van der Waals surface area (Å²) in [6.45, 7) is 9.36. The van der Waals surface area contributed by atoms with Crippen molar-refractivity contribution in [1.29, 1.82) is 0 Å². The molecule has 0 aliphatic carbocycles. The van der Waals surface area contributed by atoms with Gasteiger partial charge in [0, 0.05) is 58.1 Å². The molecule has 0 bridgehead atoms. The second-order valence-electron chi connectivity index (χ2n) is 7.87. The van der Waals surface area contributed by atoms with E-state index in [9.17, 15) is 4.79 Å². The van der Waals surface area contributed by atoms with Crippen molar-refractivity contribution in [3.63, 3.8) is 0 Å². The van der Waals surface area contributed by atoms with Gasteiger partial charge in [-0.25, -0.2) is 4.98 Å². The van der Waals surface area contributed by atoms with Crippen LogP contribution in [0.1, 0.15) is 35.3 Å². The third kappa shape index (κ3) is 4.60. The maximum Gasteiger partial charge on any atom is 0.257 e. The molecule has 2 aliphatic heterocycles. The molecular formula is C23H31N5O. The standard InChI is InChI=1S/C23H31N5O/c1-2-12-26-14-16-27(17-15-26)23(29)20-9-6-10-25-22(20)28-13-11-24-21(18-28)19-7-4-3-5-8-19/h3-10,21,24H,2,11-18H2,1H3/t21-/m1/s1. The van der Waals surface area contributed by atoms with Crippen molar-refractivity contribution >= 4 is 11.7 Å². The molecule has 1 N–H and O–H groups in total. The molecule has 0 spiro atoms. The van der Waals surface area contributed by atoms with Gasteiger partial charge in [0.25, 0.3) is 5.91 Å².